The molecule has 0 spiro atoms. The molecule has 1 aromatic heterocycles. The van der Waals surface area contributed by atoms with Crippen molar-refractivity contribution in [1.29, 1.82) is 0 Å². The van der Waals surface area contributed by atoms with E-state index < -0.39 is 0 Å². The molecule has 180 valence electrons. The van der Waals surface area contributed by atoms with Gasteiger partial charge in [-0.05, 0) is 50.6 Å². The molecule has 5 rings (SSSR count). The largest absolute Gasteiger partial charge is 0.493 e. The van der Waals surface area contributed by atoms with Gasteiger partial charge in [0.15, 0.2) is 0 Å². The van der Waals surface area contributed by atoms with Gasteiger partial charge in [0.1, 0.15) is 17.7 Å². The normalized spacial score (nSPS) is 18.6. The molecule has 2 atom stereocenters. The molecule has 0 aliphatic carbocycles. The lowest BCUT2D eigenvalue weighted by Gasteiger charge is -2.32. The van der Waals surface area contributed by atoms with E-state index in [0.717, 1.165) is 62.4 Å². The van der Waals surface area contributed by atoms with Crippen molar-refractivity contribution in [3.8, 4) is 11.8 Å². The summed E-state index contributed by atoms with van der Waals surface area (Å²) in [5.41, 5.74) is 9.50. The molecular formula is C27H35N5O2. The second-order valence-electron chi connectivity index (χ2n) is 9.38. The number of hydrogen-bond donors (Lipinski definition) is 2. The minimum atomic E-state index is 0.000498. The number of fused-ring (bicyclic) bond motifs is 2. The van der Waals surface area contributed by atoms with Crippen LogP contribution in [0.25, 0.3) is 10.8 Å². The molecule has 2 aromatic carbocycles. The Bertz CT molecular complexity index is 1150. The molecule has 2 aliphatic heterocycles. The average Bonchev–Trinajstić information content (AvgIpc) is 3.39. The van der Waals surface area contributed by atoms with Gasteiger partial charge in [0, 0.05) is 35.3 Å². The van der Waals surface area contributed by atoms with Crippen LogP contribution in [0.2, 0.25) is 0 Å². The fraction of sp³-hybridized carbons (Fsp3) is 0.481. The first kappa shape index (κ1) is 22.7. The third-order valence-electron chi connectivity index (χ3n) is 6.95. The van der Waals surface area contributed by atoms with Crippen molar-refractivity contribution in [3.63, 3.8) is 0 Å². The molecule has 7 nitrogen and oxygen atoms in total. The first-order valence-electron chi connectivity index (χ1n) is 12.6. The quantitative estimate of drug-likeness (QED) is 0.479. The number of hydrogen-bond acceptors (Lipinski definition) is 7. The zero-order valence-corrected chi connectivity index (χ0v) is 20.2. The number of benzene rings is 2. The third kappa shape index (κ3) is 4.75. The van der Waals surface area contributed by atoms with Gasteiger partial charge < -0.3 is 25.4 Å². The van der Waals surface area contributed by atoms with Gasteiger partial charge in [-0.2, -0.15) is 9.97 Å². The van der Waals surface area contributed by atoms with Crippen LogP contribution in [-0.4, -0.2) is 41.8 Å². The number of nitrogens with two attached hydrogens (primary N) is 1. The van der Waals surface area contributed by atoms with Gasteiger partial charge in [-0.1, -0.05) is 37.6 Å². The zero-order chi connectivity index (χ0) is 23.5. The van der Waals surface area contributed by atoms with Crippen LogP contribution < -0.4 is 25.4 Å². The molecule has 1 fully saturated rings. The molecule has 7 heteroatoms. The van der Waals surface area contributed by atoms with Crippen LogP contribution in [0.5, 0.6) is 11.8 Å². The Kier molecular flexibility index (Phi) is 6.72. The topological polar surface area (TPSA) is 85.5 Å². The zero-order valence-electron chi connectivity index (χ0n) is 20.2. The average molecular weight is 462 g/mol. The predicted octanol–water partition coefficient (Wildman–Crippen LogP) is 4.47. The van der Waals surface area contributed by atoms with E-state index in [4.69, 9.17) is 20.2 Å². The Morgan fingerprint density at radius 3 is 2.94 bits per heavy atom. The Hall–Kier alpha value is -3.06. The molecular weight excluding hydrogens is 426 g/mol. The number of nitrogens with zero attached hydrogens (tertiary/aromatic N) is 3. The SMILES string of the molecule is CCCCOc1cc(N2CCc3c(N)nc(O[C@H](C)[C@H]4CCCN4)nc3C2)c2ccccc2c1. The highest BCUT2D eigenvalue weighted by molar-refractivity contribution is 5.95. The van der Waals surface area contributed by atoms with Crippen molar-refractivity contribution in [3.05, 3.63) is 47.7 Å². The summed E-state index contributed by atoms with van der Waals surface area (Å²) in [7, 11) is 0. The molecule has 0 bridgehead atoms. The number of ether oxygens (including phenoxy) is 2. The van der Waals surface area contributed by atoms with Crippen LogP contribution in [0.3, 0.4) is 0 Å². The van der Waals surface area contributed by atoms with Crippen molar-refractivity contribution >= 4 is 22.3 Å². The first-order chi connectivity index (χ1) is 16.6. The van der Waals surface area contributed by atoms with Crippen molar-refractivity contribution < 1.29 is 9.47 Å². The van der Waals surface area contributed by atoms with Crippen molar-refractivity contribution in [2.75, 3.05) is 30.3 Å². The summed E-state index contributed by atoms with van der Waals surface area (Å²) in [6.07, 6.45) is 5.25. The fourth-order valence-electron chi connectivity index (χ4n) is 5.00. The van der Waals surface area contributed by atoms with Crippen molar-refractivity contribution in [2.24, 2.45) is 0 Å². The molecule has 3 heterocycles. The van der Waals surface area contributed by atoms with Gasteiger partial charge >= 0.3 is 6.01 Å². The van der Waals surface area contributed by atoms with Crippen LogP contribution in [-0.2, 0) is 13.0 Å². The fourth-order valence-corrected chi connectivity index (χ4v) is 5.00. The molecule has 3 N–H and O–H groups in total. The Balaban J connectivity index is 1.42. The van der Waals surface area contributed by atoms with Gasteiger partial charge in [-0.15, -0.1) is 0 Å². The maximum Gasteiger partial charge on any atom is 0.318 e. The van der Waals surface area contributed by atoms with Crippen LogP contribution >= 0.6 is 0 Å². The minimum absolute atomic E-state index is 0.000498. The van der Waals surface area contributed by atoms with Gasteiger partial charge in [0.25, 0.3) is 0 Å². The highest BCUT2D eigenvalue weighted by atomic mass is 16.5. The molecule has 0 unspecified atom stereocenters. The number of nitrogen functional groups attached to an aromatic ring is 1. The summed E-state index contributed by atoms with van der Waals surface area (Å²) in [6, 6.07) is 13.5. The van der Waals surface area contributed by atoms with E-state index in [9.17, 15) is 0 Å². The molecule has 1 saturated heterocycles. The summed E-state index contributed by atoms with van der Waals surface area (Å²) in [4.78, 5) is 11.7. The summed E-state index contributed by atoms with van der Waals surface area (Å²) in [6.45, 7) is 7.54. The molecule has 0 saturated carbocycles. The lowest BCUT2D eigenvalue weighted by atomic mass is 10.0. The predicted molar refractivity (Wildman–Crippen MR) is 137 cm³/mol. The smallest absolute Gasteiger partial charge is 0.318 e. The summed E-state index contributed by atoms with van der Waals surface area (Å²) >= 11 is 0. The second-order valence-corrected chi connectivity index (χ2v) is 9.38. The van der Waals surface area contributed by atoms with E-state index in [0.29, 0.717) is 24.4 Å². The number of nitrogens with one attached hydrogen (secondary N) is 1. The van der Waals surface area contributed by atoms with E-state index >= 15 is 0 Å². The molecule has 0 amide bonds. The minimum Gasteiger partial charge on any atom is -0.493 e. The van der Waals surface area contributed by atoms with Crippen LogP contribution in [0.4, 0.5) is 11.5 Å². The summed E-state index contributed by atoms with van der Waals surface area (Å²) in [5, 5.41) is 5.89. The van der Waals surface area contributed by atoms with Crippen LogP contribution in [0, 0.1) is 0 Å². The van der Waals surface area contributed by atoms with E-state index in [-0.39, 0.29) is 6.10 Å². The highest BCUT2D eigenvalue weighted by Gasteiger charge is 2.26. The van der Waals surface area contributed by atoms with E-state index in [1.807, 2.05) is 0 Å². The van der Waals surface area contributed by atoms with Crippen LogP contribution in [0.15, 0.2) is 36.4 Å². The van der Waals surface area contributed by atoms with Crippen molar-refractivity contribution in [2.45, 2.75) is 64.6 Å². The van der Waals surface area contributed by atoms with Gasteiger partial charge in [0.2, 0.25) is 0 Å². The van der Waals surface area contributed by atoms with Gasteiger partial charge in [0.05, 0.1) is 18.8 Å². The Morgan fingerprint density at radius 2 is 2.12 bits per heavy atom. The summed E-state index contributed by atoms with van der Waals surface area (Å²) < 4.78 is 12.2. The van der Waals surface area contributed by atoms with E-state index in [2.05, 4.69) is 65.4 Å². The number of aromatic nitrogens is 2. The maximum atomic E-state index is 6.35. The van der Waals surface area contributed by atoms with E-state index in [1.165, 1.54) is 22.9 Å². The van der Waals surface area contributed by atoms with Gasteiger partial charge in [-0.25, -0.2) is 0 Å². The molecule has 0 radical (unpaired) electrons. The lowest BCUT2D eigenvalue weighted by Crippen LogP contribution is -2.37. The Morgan fingerprint density at radius 1 is 1.24 bits per heavy atom. The number of anilines is 2. The molecule has 2 aliphatic rings. The summed E-state index contributed by atoms with van der Waals surface area (Å²) in [5.74, 6) is 1.45. The molecule has 34 heavy (non-hydrogen) atoms. The van der Waals surface area contributed by atoms with Crippen LogP contribution in [0.1, 0.15) is 50.8 Å². The number of rotatable bonds is 8. The molecule has 3 aromatic rings. The monoisotopic (exact) mass is 461 g/mol. The maximum absolute atomic E-state index is 6.35. The third-order valence-corrected chi connectivity index (χ3v) is 6.95. The van der Waals surface area contributed by atoms with Gasteiger partial charge in [-0.3, -0.25) is 0 Å². The van der Waals surface area contributed by atoms with E-state index in [1.54, 1.807) is 0 Å². The highest BCUT2D eigenvalue weighted by Crippen LogP contribution is 2.35. The number of unbranched alkanes of at least 4 members (excludes halogenated alkanes) is 1. The van der Waals surface area contributed by atoms with Crippen molar-refractivity contribution in [1.82, 2.24) is 15.3 Å². The Labute approximate surface area is 201 Å². The second kappa shape index (κ2) is 10.1. The first-order valence-corrected chi connectivity index (χ1v) is 12.6. The standard InChI is InChI=1S/C27H35N5O2/c1-3-4-14-33-20-15-19-8-5-6-9-21(19)25(16-20)32-13-11-22-24(17-32)30-27(31-26(22)28)34-18(2)23-10-7-12-29-23/h5-6,8-9,15-16,18,23,29H,3-4,7,10-14,17H2,1-2H3,(H2,28,30,31)/t18-,23-/m1/s1. The lowest BCUT2D eigenvalue weighted by molar-refractivity contribution is 0.164.